The first-order valence-electron chi connectivity index (χ1n) is 4.90. The number of fused-ring (bicyclic) bond motifs is 1. The molecule has 0 saturated heterocycles. The SMILES string of the molecule is NC=CCN1CC(=S(=O)=O)c2ccccc21. The number of nitrogens with two attached hydrogens (primary N) is 1. The number of benzene rings is 1. The summed E-state index contributed by atoms with van der Waals surface area (Å²) in [6, 6.07) is 7.48. The van der Waals surface area contributed by atoms with Crippen LogP contribution in [0.5, 0.6) is 0 Å². The van der Waals surface area contributed by atoms with Gasteiger partial charge in [0, 0.05) is 17.8 Å². The standard InChI is InChI=1S/C11H12N2O2S/c12-6-3-7-13-8-11(16(14)15)9-4-1-2-5-10(9)13/h1-6H,7-8,12H2. The van der Waals surface area contributed by atoms with E-state index in [0.717, 1.165) is 11.3 Å². The van der Waals surface area contributed by atoms with Crippen LogP contribution < -0.4 is 10.6 Å². The Morgan fingerprint density at radius 3 is 2.81 bits per heavy atom. The van der Waals surface area contributed by atoms with Crippen LogP contribution in [0.25, 0.3) is 0 Å². The zero-order chi connectivity index (χ0) is 11.5. The van der Waals surface area contributed by atoms with Gasteiger partial charge in [-0.25, -0.2) is 0 Å². The Morgan fingerprint density at radius 2 is 2.12 bits per heavy atom. The third-order valence-corrected chi connectivity index (χ3v) is 3.29. The molecule has 0 aliphatic carbocycles. The van der Waals surface area contributed by atoms with Gasteiger partial charge in [0.25, 0.3) is 0 Å². The van der Waals surface area contributed by atoms with E-state index in [0.29, 0.717) is 18.0 Å². The second-order valence-corrected chi connectivity index (χ2v) is 4.45. The highest BCUT2D eigenvalue weighted by atomic mass is 32.2. The van der Waals surface area contributed by atoms with Gasteiger partial charge in [-0.15, -0.1) is 0 Å². The van der Waals surface area contributed by atoms with Crippen molar-refractivity contribution < 1.29 is 8.42 Å². The van der Waals surface area contributed by atoms with Gasteiger partial charge in [0.05, 0.1) is 6.54 Å². The van der Waals surface area contributed by atoms with Gasteiger partial charge in [-0.3, -0.25) is 0 Å². The van der Waals surface area contributed by atoms with Crippen LogP contribution in [-0.4, -0.2) is 26.4 Å². The summed E-state index contributed by atoms with van der Waals surface area (Å²) in [5.41, 5.74) is 7.02. The monoisotopic (exact) mass is 236 g/mol. The first-order valence-corrected chi connectivity index (χ1v) is 5.97. The molecular formula is C11H12N2O2S. The van der Waals surface area contributed by atoms with Gasteiger partial charge in [0.2, 0.25) is 10.3 Å². The van der Waals surface area contributed by atoms with Gasteiger partial charge in [-0.05, 0) is 18.3 Å². The fourth-order valence-corrected chi connectivity index (χ4v) is 2.44. The number of anilines is 1. The van der Waals surface area contributed by atoms with Crippen LogP contribution in [0.3, 0.4) is 0 Å². The normalized spacial score (nSPS) is 14.5. The van der Waals surface area contributed by atoms with Crippen LogP contribution in [0.15, 0.2) is 36.5 Å². The molecule has 16 heavy (non-hydrogen) atoms. The van der Waals surface area contributed by atoms with Crippen molar-refractivity contribution in [3.63, 3.8) is 0 Å². The second-order valence-electron chi connectivity index (χ2n) is 3.48. The third-order valence-electron chi connectivity index (χ3n) is 2.54. The minimum atomic E-state index is -2.16. The summed E-state index contributed by atoms with van der Waals surface area (Å²) >= 11 is 0. The van der Waals surface area contributed by atoms with Crippen LogP contribution in [0.1, 0.15) is 5.56 Å². The predicted octanol–water partition coefficient (Wildman–Crippen LogP) is 0.379. The molecule has 4 nitrogen and oxygen atoms in total. The minimum Gasteiger partial charge on any atom is -0.405 e. The first kappa shape index (κ1) is 10.8. The summed E-state index contributed by atoms with van der Waals surface area (Å²) < 4.78 is 22.2. The molecule has 0 radical (unpaired) electrons. The Morgan fingerprint density at radius 1 is 1.38 bits per heavy atom. The topological polar surface area (TPSA) is 63.4 Å². The molecule has 0 aromatic heterocycles. The van der Waals surface area contributed by atoms with Crippen molar-refractivity contribution >= 4 is 20.8 Å². The molecule has 0 atom stereocenters. The maximum absolute atomic E-state index is 11.1. The number of para-hydroxylation sites is 1. The molecule has 0 bridgehead atoms. The Labute approximate surface area is 95.5 Å². The van der Waals surface area contributed by atoms with Gasteiger partial charge in [0.1, 0.15) is 4.86 Å². The zero-order valence-electron chi connectivity index (χ0n) is 8.63. The third kappa shape index (κ3) is 1.81. The van der Waals surface area contributed by atoms with Crippen LogP contribution in [0.2, 0.25) is 0 Å². The fourth-order valence-electron chi connectivity index (χ4n) is 1.82. The summed E-state index contributed by atoms with van der Waals surface area (Å²) in [6.45, 7) is 1.04. The van der Waals surface area contributed by atoms with E-state index in [1.807, 2.05) is 29.2 Å². The lowest BCUT2D eigenvalue weighted by Gasteiger charge is -2.15. The van der Waals surface area contributed by atoms with Gasteiger partial charge in [0.15, 0.2) is 0 Å². The Hall–Kier alpha value is -1.75. The fraction of sp³-hybridized carbons (Fsp3) is 0.182. The Balaban J connectivity index is 2.48. The molecule has 2 rings (SSSR count). The van der Waals surface area contributed by atoms with Crippen molar-refractivity contribution in [1.82, 2.24) is 0 Å². The molecule has 1 aliphatic heterocycles. The number of hydrogen-bond acceptors (Lipinski definition) is 4. The number of hydrogen-bond donors (Lipinski definition) is 1. The van der Waals surface area contributed by atoms with E-state index in [1.54, 1.807) is 6.08 Å². The number of rotatable bonds is 2. The molecule has 0 saturated carbocycles. The molecule has 0 spiro atoms. The van der Waals surface area contributed by atoms with E-state index in [2.05, 4.69) is 0 Å². The van der Waals surface area contributed by atoms with Crippen LogP contribution in [0, 0.1) is 0 Å². The van der Waals surface area contributed by atoms with Crippen molar-refractivity contribution in [3.05, 3.63) is 42.1 Å². The van der Waals surface area contributed by atoms with Crippen molar-refractivity contribution in [2.45, 2.75) is 0 Å². The van der Waals surface area contributed by atoms with E-state index < -0.39 is 10.3 Å². The number of nitrogens with zero attached hydrogens (tertiary/aromatic N) is 1. The highest BCUT2D eigenvalue weighted by Gasteiger charge is 2.24. The van der Waals surface area contributed by atoms with E-state index in [4.69, 9.17) is 5.73 Å². The van der Waals surface area contributed by atoms with E-state index in [-0.39, 0.29) is 0 Å². The summed E-state index contributed by atoms with van der Waals surface area (Å²) in [7, 11) is -2.16. The zero-order valence-corrected chi connectivity index (χ0v) is 9.44. The molecule has 0 amide bonds. The van der Waals surface area contributed by atoms with Crippen LogP contribution in [0.4, 0.5) is 5.69 Å². The van der Waals surface area contributed by atoms with Crippen molar-refractivity contribution in [1.29, 1.82) is 0 Å². The van der Waals surface area contributed by atoms with Crippen LogP contribution in [-0.2, 0) is 10.3 Å². The molecule has 5 heteroatoms. The summed E-state index contributed by atoms with van der Waals surface area (Å²) in [4.78, 5) is 2.42. The lowest BCUT2D eigenvalue weighted by molar-refractivity contribution is 0.627. The van der Waals surface area contributed by atoms with Gasteiger partial charge < -0.3 is 10.6 Å². The molecule has 0 fully saturated rings. The highest BCUT2D eigenvalue weighted by molar-refractivity contribution is 7.73. The molecular weight excluding hydrogens is 224 g/mol. The molecule has 0 unspecified atom stereocenters. The van der Waals surface area contributed by atoms with E-state index >= 15 is 0 Å². The van der Waals surface area contributed by atoms with Crippen molar-refractivity contribution in [2.24, 2.45) is 5.73 Å². The van der Waals surface area contributed by atoms with Gasteiger partial charge >= 0.3 is 0 Å². The smallest absolute Gasteiger partial charge is 0.219 e. The maximum Gasteiger partial charge on any atom is 0.219 e. The molecule has 1 heterocycles. The minimum absolute atomic E-state index is 0.416. The van der Waals surface area contributed by atoms with Crippen molar-refractivity contribution in [2.75, 3.05) is 18.0 Å². The van der Waals surface area contributed by atoms with Gasteiger partial charge in [-0.1, -0.05) is 18.2 Å². The first-order chi connectivity index (χ1) is 7.74. The van der Waals surface area contributed by atoms with E-state index in [1.165, 1.54) is 6.20 Å². The second kappa shape index (κ2) is 4.40. The quantitative estimate of drug-likeness (QED) is 0.754. The molecule has 2 N–H and O–H groups in total. The maximum atomic E-state index is 11.1. The van der Waals surface area contributed by atoms with Gasteiger partial charge in [-0.2, -0.15) is 8.42 Å². The molecule has 1 aromatic rings. The summed E-state index contributed by atoms with van der Waals surface area (Å²) in [5, 5.41) is 0. The molecule has 1 aromatic carbocycles. The van der Waals surface area contributed by atoms with E-state index in [9.17, 15) is 8.42 Å². The average molecular weight is 236 g/mol. The van der Waals surface area contributed by atoms with Crippen LogP contribution >= 0.6 is 0 Å². The molecule has 84 valence electrons. The molecule has 1 aliphatic rings. The Kier molecular flexibility index (Phi) is 2.96. The van der Waals surface area contributed by atoms with Crippen molar-refractivity contribution in [3.8, 4) is 0 Å². The lowest BCUT2D eigenvalue weighted by Crippen LogP contribution is -2.23. The summed E-state index contributed by atoms with van der Waals surface area (Å²) in [5.74, 6) is 0. The predicted molar refractivity (Wildman–Crippen MR) is 65.0 cm³/mol. The highest BCUT2D eigenvalue weighted by Crippen LogP contribution is 2.27. The average Bonchev–Trinajstić information content (AvgIpc) is 2.65. The largest absolute Gasteiger partial charge is 0.405 e. The Bertz CT molecular complexity index is 553. The lowest BCUT2D eigenvalue weighted by atomic mass is 10.2. The summed E-state index contributed by atoms with van der Waals surface area (Å²) in [6.07, 6.45) is 3.27.